The first-order chi connectivity index (χ1) is 11.4. The van der Waals surface area contributed by atoms with Crippen molar-refractivity contribution in [1.82, 2.24) is 9.80 Å². The number of carbonyl (C=O) groups is 2. The number of piperazine rings is 1. The van der Waals surface area contributed by atoms with Crippen molar-refractivity contribution in [2.75, 3.05) is 39.9 Å². The Bertz CT molecular complexity index is 598. The van der Waals surface area contributed by atoms with Gasteiger partial charge in [0.2, 0.25) is 0 Å². The number of ether oxygens (including phenoxy) is 2. The third kappa shape index (κ3) is 4.54. The van der Waals surface area contributed by atoms with Gasteiger partial charge >= 0.3 is 6.09 Å². The van der Waals surface area contributed by atoms with Crippen LogP contribution in [0.4, 0.5) is 4.79 Å². The van der Waals surface area contributed by atoms with Gasteiger partial charge in [-0.1, -0.05) is 25.4 Å². The molecule has 132 valence electrons. The minimum atomic E-state index is -0.323. The van der Waals surface area contributed by atoms with E-state index < -0.39 is 0 Å². The summed E-state index contributed by atoms with van der Waals surface area (Å²) in [5.41, 5.74) is 0.431. The van der Waals surface area contributed by atoms with Crippen LogP contribution >= 0.6 is 11.6 Å². The molecular formula is C17H23ClN2O4. The molecule has 2 rings (SSSR count). The van der Waals surface area contributed by atoms with Gasteiger partial charge in [0.05, 0.1) is 19.3 Å². The lowest BCUT2D eigenvalue weighted by Crippen LogP contribution is -2.50. The van der Waals surface area contributed by atoms with Crippen molar-refractivity contribution in [3.05, 3.63) is 28.8 Å². The van der Waals surface area contributed by atoms with Gasteiger partial charge in [-0.25, -0.2) is 4.79 Å². The van der Waals surface area contributed by atoms with E-state index in [1.807, 2.05) is 13.8 Å². The number of methoxy groups -OCH3 is 1. The maximum Gasteiger partial charge on any atom is 0.409 e. The maximum atomic E-state index is 12.7. The molecule has 0 radical (unpaired) electrons. The van der Waals surface area contributed by atoms with E-state index in [1.165, 1.54) is 7.11 Å². The molecule has 0 aromatic heterocycles. The van der Waals surface area contributed by atoms with Crippen LogP contribution in [0.15, 0.2) is 18.2 Å². The average Bonchev–Trinajstić information content (AvgIpc) is 2.59. The van der Waals surface area contributed by atoms with Crippen LogP contribution in [-0.4, -0.2) is 61.7 Å². The van der Waals surface area contributed by atoms with Crippen molar-refractivity contribution in [3.8, 4) is 5.75 Å². The van der Waals surface area contributed by atoms with E-state index in [2.05, 4.69) is 0 Å². The van der Waals surface area contributed by atoms with Crippen LogP contribution in [-0.2, 0) is 4.74 Å². The van der Waals surface area contributed by atoms with Gasteiger partial charge in [0.25, 0.3) is 5.91 Å². The number of hydrogen-bond donors (Lipinski definition) is 0. The van der Waals surface area contributed by atoms with Gasteiger partial charge in [0, 0.05) is 31.2 Å². The normalized spacial score (nSPS) is 14.7. The zero-order chi connectivity index (χ0) is 17.7. The Kier molecular flexibility index (Phi) is 6.31. The van der Waals surface area contributed by atoms with E-state index in [4.69, 9.17) is 21.1 Å². The number of hydrogen-bond acceptors (Lipinski definition) is 4. The Balaban J connectivity index is 1.96. The topological polar surface area (TPSA) is 59.1 Å². The predicted octanol–water partition coefficient (Wildman–Crippen LogP) is 2.90. The highest BCUT2D eigenvalue weighted by molar-refractivity contribution is 6.31. The molecule has 0 unspecified atom stereocenters. The third-order valence-electron chi connectivity index (χ3n) is 3.76. The molecule has 0 spiro atoms. The SMILES string of the molecule is COc1ccc(Cl)cc1C(=O)N1CCN(C(=O)OCC(C)C)CC1. The molecule has 7 heteroatoms. The molecule has 1 heterocycles. The second-order valence-corrected chi connectivity index (χ2v) is 6.53. The maximum absolute atomic E-state index is 12.7. The van der Waals surface area contributed by atoms with Gasteiger partial charge in [-0.05, 0) is 24.1 Å². The Labute approximate surface area is 147 Å². The largest absolute Gasteiger partial charge is 0.496 e. The van der Waals surface area contributed by atoms with Crippen LogP contribution in [0.2, 0.25) is 5.02 Å². The monoisotopic (exact) mass is 354 g/mol. The van der Waals surface area contributed by atoms with Gasteiger partial charge in [0.15, 0.2) is 0 Å². The summed E-state index contributed by atoms with van der Waals surface area (Å²) in [5, 5.41) is 0.482. The third-order valence-corrected chi connectivity index (χ3v) is 3.99. The minimum Gasteiger partial charge on any atom is -0.496 e. The van der Waals surface area contributed by atoms with Gasteiger partial charge in [-0.3, -0.25) is 4.79 Å². The van der Waals surface area contributed by atoms with E-state index in [1.54, 1.807) is 28.0 Å². The highest BCUT2D eigenvalue weighted by Crippen LogP contribution is 2.24. The minimum absolute atomic E-state index is 0.149. The molecule has 2 amide bonds. The van der Waals surface area contributed by atoms with Crippen molar-refractivity contribution < 1.29 is 19.1 Å². The fourth-order valence-corrected chi connectivity index (χ4v) is 2.61. The van der Waals surface area contributed by atoms with Crippen LogP contribution in [0, 0.1) is 5.92 Å². The second kappa shape index (κ2) is 8.24. The molecule has 1 aromatic carbocycles. The Hall–Kier alpha value is -1.95. The van der Waals surface area contributed by atoms with Crippen LogP contribution < -0.4 is 4.74 Å². The summed E-state index contributed by atoms with van der Waals surface area (Å²) in [6, 6.07) is 4.96. The summed E-state index contributed by atoms with van der Waals surface area (Å²) in [6.07, 6.45) is -0.323. The number of halogens is 1. The van der Waals surface area contributed by atoms with Crippen LogP contribution in [0.5, 0.6) is 5.75 Å². The average molecular weight is 355 g/mol. The van der Waals surface area contributed by atoms with Crippen LogP contribution in [0.3, 0.4) is 0 Å². The van der Waals surface area contributed by atoms with Crippen molar-refractivity contribution in [3.63, 3.8) is 0 Å². The van der Waals surface area contributed by atoms with Gasteiger partial charge in [-0.15, -0.1) is 0 Å². The quantitative estimate of drug-likeness (QED) is 0.834. The molecule has 1 aliphatic rings. The first-order valence-electron chi connectivity index (χ1n) is 7.97. The lowest BCUT2D eigenvalue weighted by molar-refractivity contribution is 0.0533. The van der Waals surface area contributed by atoms with E-state index in [0.717, 1.165) is 0 Å². The molecule has 0 bridgehead atoms. The molecule has 0 saturated carbocycles. The summed E-state index contributed by atoms with van der Waals surface area (Å²) in [6.45, 7) is 6.18. The summed E-state index contributed by atoms with van der Waals surface area (Å²) < 4.78 is 10.5. The molecule has 0 aliphatic carbocycles. The molecule has 1 fully saturated rings. The highest BCUT2D eigenvalue weighted by atomic mass is 35.5. The lowest BCUT2D eigenvalue weighted by atomic mass is 10.1. The first kappa shape index (κ1) is 18.4. The zero-order valence-corrected chi connectivity index (χ0v) is 15.0. The highest BCUT2D eigenvalue weighted by Gasteiger charge is 2.27. The lowest BCUT2D eigenvalue weighted by Gasteiger charge is -2.34. The molecule has 1 aliphatic heterocycles. The molecular weight excluding hydrogens is 332 g/mol. The second-order valence-electron chi connectivity index (χ2n) is 6.09. The molecule has 6 nitrogen and oxygen atoms in total. The fourth-order valence-electron chi connectivity index (χ4n) is 2.44. The number of rotatable bonds is 4. The Morgan fingerprint density at radius 3 is 2.38 bits per heavy atom. The molecule has 0 N–H and O–H groups in total. The summed E-state index contributed by atoms with van der Waals surface area (Å²) >= 11 is 5.99. The Morgan fingerprint density at radius 1 is 1.17 bits per heavy atom. The van der Waals surface area contributed by atoms with Gasteiger partial charge in [0.1, 0.15) is 5.75 Å². The van der Waals surface area contributed by atoms with E-state index in [9.17, 15) is 9.59 Å². The standard InChI is InChI=1S/C17H23ClN2O4/c1-12(2)11-24-17(22)20-8-6-19(7-9-20)16(21)14-10-13(18)4-5-15(14)23-3/h4-5,10,12H,6-9,11H2,1-3H3. The summed E-state index contributed by atoms with van der Waals surface area (Å²) in [5.74, 6) is 0.639. The smallest absolute Gasteiger partial charge is 0.409 e. The predicted molar refractivity (Wildman–Crippen MR) is 91.7 cm³/mol. The molecule has 1 aromatic rings. The summed E-state index contributed by atoms with van der Waals surface area (Å²) in [7, 11) is 1.52. The first-order valence-corrected chi connectivity index (χ1v) is 8.34. The van der Waals surface area contributed by atoms with Crippen LogP contribution in [0.1, 0.15) is 24.2 Å². The fraction of sp³-hybridized carbons (Fsp3) is 0.529. The van der Waals surface area contributed by atoms with Crippen molar-refractivity contribution in [2.45, 2.75) is 13.8 Å². The van der Waals surface area contributed by atoms with Crippen molar-refractivity contribution >= 4 is 23.6 Å². The molecule has 1 saturated heterocycles. The van der Waals surface area contributed by atoms with Gasteiger partial charge < -0.3 is 19.3 Å². The molecule has 0 atom stereocenters. The number of benzene rings is 1. The van der Waals surface area contributed by atoms with E-state index >= 15 is 0 Å². The van der Waals surface area contributed by atoms with Crippen LogP contribution in [0.25, 0.3) is 0 Å². The van der Waals surface area contributed by atoms with E-state index in [-0.39, 0.29) is 12.0 Å². The van der Waals surface area contributed by atoms with E-state index in [0.29, 0.717) is 55.0 Å². The van der Waals surface area contributed by atoms with Crippen molar-refractivity contribution in [1.29, 1.82) is 0 Å². The Morgan fingerprint density at radius 2 is 1.79 bits per heavy atom. The van der Waals surface area contributed by atoms with Crippen molar-refractivity contribution in [2.24, 2.45) is 5.92 Å². The zero-order valence-electron chi connectivity index (χ0n) is 14.3. The summed E-state index contributed by atoms with van der Waals surface area (Å²) in [4.78, 5) is 28.0. The number of nitrogens with zero attached hydrogens (tertiary/aromatic N) is 2. The number of carbonyl (C=O) groups excluding carboxylic acids is 2. The van der Waals surface area contributed by atoms with Gasteiger partial charge in [-0.2, -0.15) is 0 Å². The number of amides is 2. The molecule has 24 heavy (non-hydrogen) atoms.